The van der Waals surface area contributed by atoms with Gasteiger partial charge in [0.15, 0.2) is 5.75 Å². The zero-order valence-corrected chi connectivity index (χ0v) is 19.0. The first-order chi connectivity index (χ1) is 15.8. The molecule has 0 saturated carbocycles. The van der Waals surface area contributed by atoms with Crippen LogP contribution in [0.25, 0.3) is 10.8 Å². The van der Waals surface area contributed by atoms with Crippen LogP contribution in [0.3, 0.4) is 0 Å². The lowest BCUT2D eigenvalue weighted by Gasteiger charge is -2.10. The fourth-order valence-electron chi connectivity index (χ4n) is 3.52. The minimum atomic E-state index is -0.722. The monoisotopic (exact) mass is 506 g/mol. The van der Waals surface area contributed by atoms with E-state index in [1.54, 1.807) is 31.2 Å². The van der Waals surface area contributed by atoms with E-state index in [0.717, 1.165) is 4.90 Å². The second-order valence-corrected chi connectivity index (χ2v) is 7.85. The number of benzene rings is 3. The van der Waals surface area contributed by atoms with Gasteiger partial charge in [0, 0.05) is 12.4 Å². The predicted molar refractivity (Wildman–Crippen MR) is 121 cm³/mol. The minimum Gasteiger partial charge on any atom is -0.505 e. The summed E-state index contributed by atoms with van der Waals surface area (Å²) in [6.07, 6.45) is 0. The number of fused-ring (bicyclic) bond motifs is 2. The van der Waals surface area contributed by atoms with Crippen LogP contribution in [-0.2, 0) is 4.74 Å². The molecule has 3 aromatic carbocycles. The molecule has 1 N–H and O–H groups in total. The summed E-state index contributed by atoms with van der Waals surface area (Å²) in [5.74, 6) is -2.22. The van der Waals surface area contributed by atoms with Gasteiger partial charge in [0.2, 0.25) is 0 Å². The van der Waals surface area contributed by atoms with Crippen molar-refractivity contribution in [1.29, 1.82) is 5.26 Å². The maximum Gasteiger partial charge on any atom is 0.342 e. The first-order valence-electron chi connectivity index (χ1n) is 9.72. The highest BCUT2D eigenvalue weighted by molar-refractivity contribution is 9.10. The molecule has 0 fully saturated rings. The van der Waals surface area contributed by atoms with Crippen molar-refractivity contribution in [3.05, 3.63) is 63.1 Å². The number of ether oxygens (including phenoxy) is 1. The summed E-state index contributed by atoms with van der Waals surface area (Å²) in [7, 11) is 1.34. The van der Waals surface area contributed by atoms with E-state index in [-0.39, 0.29) is 44.7 Å². The van der Waals surface area contributed by atoms with Gasteiger partial charge in [-0.2, -0.15) is 5.26 Å². The van der Waals surface area contributed by atoms with Gasteiger partial charge in [-0.1, -0.05) is 24.3 Å². The Balaban J connectivity index is 1.93. The summed E-state index contributed by atoms with van der Waals surface area (Å²) in [6, 6.07) is 11.7. The van der Waals surface area contributed by atoms with E-state index in [0.29, 0.717) is 10.8 Å². The van der Waals surface area contributed by atoms with Gasteiger partial charge >= 0.3 is 5.97 Å². The van der Waals surface area contributed by atoms with Crippen LogP contribution < -0.4 is 0 Å². The molecule has 0 radical (unpaired) electrons. The van der Waals surface area contributed by atoms with Crippen molar-refractivity contribution in [2.45, 2.75) is 6.92 Å². The average molecular weight is 507 g/mol. The molecule has 10 heteroatoms. The number of carbonyl (C=O) groups is 3. The van der Waals surface area contributed by atoms with E-state index in [1.165, 1.54) is 19.2 Å². The molecule has 1 heterocycles. The zero-order chi connectivity index (χ0) is 23.9. The minimum absolute atomic E-state index is 0.00571. The van der Waals surface area contributed by atoms with Gasteiger partial charge < -0.3 is 9.84 Å². The summed E-state index contributed by atoms with van der Waals surface area (Å²) in [5.41, 5.74) is 0.0866. The molecule has 4 rings (SSSR count). The number of phenolic OH excluding ortho intramolecular Hbond substituents is 1. The second kappa shape index (κ2) is 8.44. The van der Waals surface area contributed by atoms with Crippen LogP contribution in [0.15, 0.2) is 51.1 Å². The molecule has 0 saturated heterocycles. The van der Waals surface area contributed by atoms with Crippen molar-refractivity contribution in [1.82, 2.24) is 4.90 Å². The summed E-state index contributed by atoms with van der Waals surface area (Å²) in [4.78, 5) is 38.1. The van der Waals surface area contributed by atoms with Gasteiger partial charge in [-0.25, -0.2) is 4.79 Å². The van der Waals surface area contributed by atoms with Crippen LogP contribution in [0.4, 0.5) is 11.4 Å². The molecule has 164 valence electrons. The number of azo groups is 1. The van der Waals surface area contributed by atoms with Gasteiger partial charge in [-0.15, -0.1) is 10.2 Å². The van der Waals surface area contributed by atoms with Crippen molar-refractivity contribution >= 4 is 55.9 Å². The lowest BCUT2D eigenvalue weighted by molar-refractivity contribution is 0.0522. The van der Waals surface area contributed by atoms with Gasteiger partial charge in [0.25, 0.3) is 11.8 Å². The number of aromatic hydroxyl groups is 1. The molecule has 9 nitrogen and oxygen atoms in total. The lowest BCUT2D eigenvalue weighted by atomic mass is 10.0. The quantitative estimate of drug-likeness (QED) is 0.300. The van der Waals surface area contributed by atoms with Crippen LogP contribution in [-0.4, -0.2) is 41.4 Å². The molecular formula is C23H15BrN4O5. The van der Waals surface area contributed by atoms with Crippen molar-refractivity contribution in [2.24, 2.45) is 10.2 Å². The maximum absolute atomic E-state index is 12.5. The number of esters is 1. The molecule has 0 unspecified atom stereocenters. The van der Waals surface area contributed by atoms with Crippen molar-refractivity contribution in [2.75, 3.05) is 13.7 Å². The number of hydrogen-bond acceptors (Lipinski definition) is 8. The molecule has 0 atom stereocenters. The maximum atomic E-state index is 12.5. The highest BCUT2D eigenvalue weighted by Gasteiger charge is 2.37. The fourth-order valence-corrected chi connectivity index (χ4v) is 4.20. The van der Waals surface area contributed by atoms with E-state index in [2.05, 4.69) is 26.2 Å². The summed E-state index contributed by atoms with van der Waals surface area (Å²) in [5, 5.41) is 29.8. The number of imide groups is 1. The molecule has 33 heavy (non-hydrogen) atoms. The highest BCUT2D eigenvalue weighted by Crippen LogP contribution is 2.43. The topological polar surface area (TPSA) is 132 Å². The first kappa shape index (κ1) is 22.1. The standard InChI is InChI=1S/C23H15BrN4O5/c1-3-33-23(32)15-8-11-6-4-5-7-13(11)19(20(15)29)27-26-18-12(10-25)9-14-16(17(18)24)22(31)28(2)21(14)30/h4-9,29H,3H2,1-2H3. The molecule has 0 spiro atoms. The van der Waals surface area contributed by atoms with Gasteiger partial charge in [-0.05, 0) is 40.4 Å². The lowest BCUT2D eigenvalue weighted by Crippen LogP contribution is -2.24. The van der Waals surface area contributed by atoms with Crippen LogP contribution in [0, 0.1) is 11.3 Å². The van der Waals surface area contributed by atoms with Crippen LogP contribution in [0.1, 0.15) is 43.6 Å². The fraction of sp³-hybridized carbons (Fsp3) is 0.130. The smallest absolute Gasteiger partial charge is 0.342 e. The van der Waals surface area contributed by atoms with Crippen molar-refractivity contribution in [3.63, 3.8) is 0 Å². The van der Waals surface area contributed by atoms with E-state index in [9.17, 15) is 24.8 Å². The Labute approximate surface area is 196 Å². The predicted octanol–water partition coefficient (Wildman–Crippen LogP) is 5.00. The Kier molecular flexibility index (Phi) is 5.66. The Morgan fingerprint density at radius 2 is 1.88 bits per heavy atom. The second-order valence-electron chi connectivity index (χ2n) is 7.05. The highest BCUT2D eigenvalue weighted by atomic mass is 79.9. The third-order valence-corrected chi connectivity index (χ3v) is 5.93. The number of carbonyl (C=O) groups excluding carboxylic acids is 3. The van der Waals surface area contributed by atoms with Crippen LogP contribution in [0.5, 0.6) is 5.75 Å². The van der Waals surface area contributed by atoms with Gasteiger partial charge in [-0.3, -0.25) is 14.5 Å². The normalized spacial score (nSPS) is 13.0. The summed E-state index contributed by atoms with van der Waals surface area (Å²) in [6.45, 7) is 1.77. The summed E-state index contributed by atoms with van der Waals surface area (Å²) >= 11 is 3.28. The average Bonchev–Trinajstić information content (AvgIpc) is 3.02. The van der Waals surface area contributed by atoms with E-state index in [1.807, 2.05) is 6.07 Å². The Morgan fingerprint density at radius 3 is 2.58 bits per heavy atom. The van der Waals surface area contributed by atoms with Crippen LogP contribution >= 0.6 is 15.9 Å². The Hall–Kier alpha value is -4.10. The molecule has 1 aliphatic heterocycles. The van der Waals surface area contributed by atoms with Gasteiger partial charge in [0.1, 0.15) is 23.0 Å². The number of nitrogens with zero attached hydrogens (tertiary/aromatic N) is 4. The molecule has 1 aliphatic rings. The Bertz CT molecular complexity index is 1440. The van der Waals surface area contributed by atoms with E-state index < -0.39 is 23.5 Å². The number of hydrogen-bond donors (Lipinski definition) is 1. The first-order valence-corrected chi connectivity index (χ1v) is 10.5. The number of amides is 2. The molecule has 0 aliphatic carbocycles. The zero-order valence-electron chi connectivity index (χ0n) is 17.4. The van der Waals surface area contributed by atoms with E-state index in [4.69, 9.17) is 4.74 Å². The van der Waals surface area contributed by atoms with E-state index >= 15 is 0 Å². The number of phenols is 1. The molecule has 0 bridgehead atoms. The molecule has 0 aromatic heterocycles. The largest absolute Gasteiger partial charge is 0.505 e. The van der Waals surface area contributed by atoms with Crippen molar-refractivity contribution < 1.29 is 24.2 Å². The van der Waals surface area contributed by atoms with Crippen LogP contribution in [0.2, 0.25) is 0 Å². The SMILES string of the molecule is CCOC(=O)c1cc2ccccc2c(N=Nc2c(C#N)cc3c(c2Br)C(=O)N(C)C3=O)c1O. The summed E-state index contributed by atoms with van der Waals surface area (Å²) < 4.78 is 5.15. The third-order valence-electron chi connectivity index (χ3n) is 5.16. The molecule has 3 aromatic rings. The van der Waals surface area contributed by atoms with Gasteiger partial charge in [0.05, 0.1) is 27.8 Å². The molecule has 2 amide bonds. The number of rotatable bonds is 4. The van der Waals surface area contributed by atoms with Crippen molar-refractivity contribution in [3.8, 4) is 11.8 Å². The molecular weight excluding hydrogens is 492 g/mol. The third kappa shape index (κ3) is 3.52. The number of halogens is 1. The number of nitriles is 1. The Morgan fingerprint density at radius 1 is 1.18 bits per heavy atom.